The fraction of sp³-hybridized carbons (Fsp3) is 0.471. The molecule has 0 aromatic heterocycles. The Morgan fingerprint density at radius 2 is 2.10 bits per heavy atom. The predicted octanol–water partition coefficient (Wildman–Crippen LogP) is 3.04. The zero-order valence-electron chi connectivity index (χ0n) is 12.7. The molecule has 3 nitrogen and oxygen atoms in total. The molecule has 2 unspecified atom stereocenters. The van der Waals surface area contributed by atoms with Crippen molar-refractivity contribution in [2.75, 3.05) is 19.4 Å². The lowest BCUT2D eigenvalue weighted by Gasteiger charge is -2.36. The van der Waals surface area contributed by atoms with E-state index in [1.165, 1.54) is 4.90 Å². The molecular formula is C17H23NO2S. The minimum absolute atomic E-state index is 0.0367. The molecule has 0 radical (unpaired) electrons. The highest BCUT2D eigenvalue weighted by Gasteiger charge is 2.27. The molecule has 1 aliphatic heterocycles. The molecule has 1 saturated heterocycles. The lowest BCUT2D eigenvalue weighted by atomic mass is 9.94. The van der Waals surface area contributed by atoms with Crippen molar-refractivity contribution in [3.05, 3.63) is 35.9 Å². The fourth-order valence-corrected chi connectivity index (χ4v) is 3.02. The van der Waals surface area contributed by atoms with Crippen LogP contribution in [0.25, 0.3) is 6.08 Å². The number of aliphatic hydroxyl groups excluding tert-OH is 1. The summed E-state index contributed by atoms with van der Waals surface area (Å²) in [4.78, 5) is 15.4. The molecule has 1 aromatic rings. The minimum atomic E-state index is 0.0367. The molecule has 1 heterocycles. The topological polar surface area (TPSA) is 40.5 Å². The van der Waals surface area contributed by atoms with Gasteiger partial charge in [0.05, 0.1) is 0 Å². The van der Waals surface area contributed by atoms with Gasteiger partial charge in [-0.15, -0.1) is 11.8 Å². The van der Waals surface area contributed by atoms with Crippen LogP contribution in [-0.4, -0.2) is 41.4 Å². The van der Waals surface area contributed by atoms with E-state index < -0.39 is 0 Å². The zero-order valence-corrected chi connectivity index (χ0v) is 13.5. The number of nitrogens with zero attached hydrogens (tertiary/aromatic N) is 1. The van der Waals surface area contributed by atoms with Crippen LogP contribution in [0.1, 0.15) is 25.3 Å². The first kappa shape index (κ1) is 16.1. The Balaban J connectivity index is 2.00. The zero-order chi connectivity index (χ0) is 15.2. The van der Waals surface area contributed by atoms with Gasteiger partial charge >= 0.3 is 0 Å². The van der Waals surface area contributed by atoms with Gasteiger partial charge in [-0.05, 0) is 55.7 Å². The van der Waals surface area contributed by atoms with E-state index in [4.69, 9.17) is 0 Å². The highest BCUT2D eigenvalue weighted by molar-refractivity contribution is 7.98. The molecule has 2 rings (SSSR count). The molecule has 1 amide bonds. The normalized spacial score (nSPS) is 22.7. The summed E-state index contributed by atoms with van der Waals surface area (Å²) >= 11 is 1.70. The van der Waals surface area contributed by atoms with Crippen molar-refractivity contribution >= 4 is 23.7 Å². The first-order valence-electron chi connectivity index (χ1n) is 7.37. The van der Waals surface area contributed by atoms with Gasteiger partial charge in [0.25, 0.3) is 0 Å². The average molecular weight is 305 g/mol. The van der Waals surface area contributed by atoms with E-state index in [1.807, 2.05) is 29.4 Å². The van der Waals surface area contributed by atoms with Crippen LogP contribution in [0.15, 0.2) is 35.2 Å². The number of benzene rings is 1. The second-order valence-corrected chi connectivity index (χ2v) is 6.45. The Morgan fingerprint density at radius 1 is 1.38 bits per heavy atom. The maximum Gasteiger partial charge on any atom is 0.246 e. The first-order valence-corrected chi connectivity index (χ1v) is 8.60. The summed E-state index contributed by atoms with van der Waals surface area (Å²) in [6.07, 6.45) is 7.52. The van der Waals surface area contributed by atoms with Crippen molar-refractivity contribution in [1.29, 1.82) is 0 Å². The Kier molecular flexibility index (Phi) is 5.88. The first-order chi connectivity index (χ1) is 10.1. The van der Waals surface area contributed by atoms with Crippen LogP contribution >= 0.6 is 11.8 Å². The molecule has 4 heteroatoms. The monoisotopic (exact) mass is 305 g/mol. The number of hydrogen-bond donors (Lipinski definition) is 1. The number of aliphatic hydroxyl groups is 1. The van der Waals surface area contributed by atoms with Gasteiger partial charge in [0.1, 0.15) is 0 Å². The Morgan fingerprint density at radius 3 is 2.71 bits per heavy atom. The Labute approximate surface area is 131 Å². The molecule has 0 spiro atoms. The van der Waals surface area contributed by atoms with Gasteiger partial charge in [-0.3, -0.25) is 4.79 Å². The molecular weight excluding hydrogens is 282 g/mol. The van der Waals surface area contributed by atoms with Crippen molar-refractivity contribution in [2.45, 2.75) is 30.7 Å². The lowest BCUT2D eigenvalue weighted by Crippen LogP contribution is -2.45. The molecule has 0 saturated carbocycles. The summed E-state index contributed by atoms with van der Waals surface area (Å²) < 4.78 is 0. The summed E-state index contributed by atoms with van der Waals surface area (Å²) in [7, 11) is 0. The van der Waals surface area contributed by atoms with Crippen LogP contribution < -0.4 is 0 Å². The van der Waals surface area contributed by atoms with Crippen molar-refractivity contribution in [1.82, 2.24) is 4.90 Å². The van der Waals surface area contributed by atoms with Gasteiger partial charge in [-0.1, -0.05) is 12.1 Å². The summed E-state index contributed by atoms with van der Waals surface area (Å²) in [5.41, 5.74) is 1.03. The van der Waals surface area contributed by atoms with Crippen LogP contribution in [0.3, 0.4) is 0 Å². The van der Waals surface area contributed by atoms with Gasteiger partial charge in [-0.2, -0.15) is 0 Å². The smallest absolute Gasteiger partial charge is 0.246 e. The van der Waals surface area contributed by atoms with E-state index in [1.54, 1.807) is 17.8 Å². The molecule has 1 fully saturated rings. The molecule has 1 N–H and O–H groups in total. The Bertz CT molecular complexity index is 498. The lowest BCUT2D eigenvalue weighted by molar-refractivity contribution is -0.130. The largest absolute Gasteiger partial charge is 0.396 e. The number of carbonyl (C=O) groups is 1. The third-order valence-corrected chi connectivity index (χ3v) is 4.80. The number of amides is 1. The van der Waals surface area contributed by atoms with Crippen molar-refractivity contribution in [2.24, 2.45) is 5.92 Å². The van der Waals surface area contributed by atoms with Gasteiger partial charge < -0.3 is 10.0 Å². The standard InChI is InChI=1S/C17H23NO2S/c1-13-3-4-15(12-19)11-18(13)17(20)10-7-14-5-8-16(21-2)9-6-14/h5-10,13,15,19H,3-4,11-12H2,1-2H3/b10-7+. The third kappa shape index (κ3) is 4.35. The molecule has 0 aliphatic carbocycles. The van der Waals surface area contributed by atoms with Gasteiger partial charge in [0.2, 0.25) is 5.91 Å². The van der Waals surface area contributed by atoms with E-state index in [9.17, 15) is 9.90 Å². The second kappa shape index (κ2) is 7.66. The molecule has 0 bridgehead atoms. The highest BCUT2D eigenvalue weighted by Crippen LogP contribution is 2.22. The third-order valence-electron chi connectivity index (χ3n) is 4.06. The number of likely N-dealkylation sites (tertiary alicyclic amines) is 1. The van der Waals surface area contributed by atoms with Crippen molar-refractivity contribution in [3.8, 4) is 0 Å². The van der Waals surface area contributed by atoms with E-state index >= 15 is 0 Å². The van der Waals surface area contributed by atoms with Gasteiger partial charge in [-0.25, -0.2) is 0 Å². The second-order valence-electron chi connectivity index (χ2n) is 5.57. The number of rotatable bonds is 4. The van der Waals surface area contributed by atoms with Gasteiger partial charge in [0.15, 0.2) is 0 Å². The number of carbonyl (C=O) groups excluding carboxylic acids is 1. The summed E-state index contributed by atoms with van der Waals surface area (Å²) in [6.45, 7) is 2.90. The maximum absolute atomic E-state index is 12.3. The van der Waals surface area contributed by atoms with Crippen LogP contribution in [0.4, 0.5) is 0 Å². The number of thioether (sulfide) groups is 1. The van der Waals surface area contributed by atoms with Gasteiger partial charge in [0, 0.05) is 30.2 Å². The summed E-state index contributed by atoms with van der Waals surface area (Å²) in [5, 5.41) is 9.28. The van der Waals surface area contributed by atoms with E-state index in [0.29, 0.717) is 6.54 Å². The van der Waals surface area contributed by atoms with E-state index in [2.05, 4.69) is 19.1 Å². The summed E-state index contributed by atoms with van der Waals surface area (Å²) in [5.74, 6) is 0.258. The summed E-state index contributed by atoms with van der Waals surface area (Å²) in [6, 6.07) is 8.40. The number of hydrogen-bond acceptors (Lipinski definition) is 3. The predicted molar refractivity (Wildman–Crippen MR) is 88.2 cm³/mol. The van der Waals surface area contributed by atoms with E-state index in [0.717, 1.165) is 18.4 Å². The van der Waals surface area contributed by atoms with Crippen molar-refractivity contribution in [3.63, 3.8) is 0 Å². The molecule has 2 atom stereocenters. The van der Waals surface area contributed by atoms with Crippen LogP contribution in [0.2, 0.25) is 0 Å². The fourth-order valence-electron chi connectivity index (χ4n) is 2.62. The molecule has 1 aliphatic rings. The van der Waals surface area contributed by atoms with Crippen LogP contribution in [0, 0.1) is 5.92 Å². The maximum atomic E-state index is 12.3. The SMILES string of the molecule is CSc1ccc(/C=C/C(=O)N2CC(CO)CCC2C)cc1. The van der Waals surface area contributed by atoms with Crippen LogP contribution in [0.5, 0.6) is 0 Å². The average Bonchev–Trinajstić information content (AvgIpc) is 2.53. The van der Waals surface area contributed by atoms with Crippen LogP contribution in [-0.2, 0) is 4.79 Å². The molecule has 114 valence electrons. The molecule has 1 aromatic carbocycles. The molecule has 21 heavy (non-hydrogen) atoms. The van der Waals surface area contributed by atoms with E-state index in [-0.39, 0.29) is 24.5 Å². The highest BCUT2D eigenvalue weighted by atomic mass is 32.2. The quantitative estimate of drug-likeness (QED) is 0.686. The number of piperidine rings is 1. The van der Waals surface area contributed by atoms with Crippen molar-refractivity contribution < 1.29 is 9.90 Å². The Hall–Kier alpha value is -1.26. The minimum Gasteiger partial charge on any atom is -0.396 e.